The van der Waals surface area contributed by atoms with Crippen LogP contribution in [0.5, 0.6) is 0 Å². The molecule has 0 heterocycles. The third-order valence-corrected chi connectivity index (χ3v) is 0. The molecule has 0 spiro atoms. The molecule has 0 aliphatic heterocycles. The summed E-state index contributed by atoms with van der Waals surface area (Å²) in [4.78, 5) is 0. The number of hydrogen-bond acceptors (Lipinski definition) is 2. The Morgan fingerprint density at radius 2 is 1.60 bits per heavy atom. The van der Waals surface area contributed by atoms with Crippen LogP contribution in [0, 0.1) is 0 Å². The summed E-state index contributed by atoms with van der Waals surface area (Å²) < 4.78 is 16.9. The molecular formula is AlLiO2Zr. The van der Waals surface area contributed by atoms with E-state index in [-0.39, 0.29) is 45.1 Å². The Bertz CT molecular complexity index is 17.1. The van der Waals surface area contributed by atoms with Crippen molar-refractivity contribution in [1.29, 1.82) is 0 Å². The maximum absolute atomic E-state index is 8.46. The molecule has 0 rings (SSSR count). The molecule has 0 saturated carbocycles. The van der Waals surface area contributed by atoms with E-state index in [9.17, 15) is 0 Å². The van der Waals surface area contributed by atoms with Crippen LogP contribution in [0.1, 0.15) is 0 Å². The second-order valence-electron chi connectivity index (χ2n) is 0.0962. The average Bonchev–Trinajstić information content (AvgIpc) is 0.918. The van der Waals surface area contributed by atoms with Gasteiger partial charge in [0.05, 0.1) is 0 Å². The van der Waals surface area contributed by atoms with Gasteiger partial charge in [0.15, 0.2) is 0 Å². The Kier molecular flexibility index (Phi) is 55.8. The first-order valence-corrected chi connectivity index (χ1v) is 1.41. The maximum Gasteiger partial charge on any atom is 0 e. The second kappa shape index (κ2) is 17.5. The average molecular weight is 157 g/mol. The molecule has 0 saturated heterocycles. The quantitative estimate of drug-likeness (QED) is 0.332. The van der Waals surface area contributed by atoms with Crippen LogP contribution in [0.15, 0.2) is 0 Å². The van der Waals surface area contributed by atoms with Gasteiger partial charge in [0, 0.05) is 26.2 Å². The summed E-state index contributed by atoms with van der Waals surface area (Å²) in [6.45, 7) is 0. The van der Waals surface area contributed by atoms with Crippen molar-refractivity contribution in [3.63, 3.8) is 0 Å². The molecule has 0 aromatic rings. The molecule has 0 bridgehead atoms. The van der Waals surface area contributed by atoms with E-state index in [0.717, 1.165) is 0 Å². The van der Waals surface area contributed by atoms with Crippen molar-refractivity contribution in [1.82, 2.24) is 0 Å². The van der Waals surface area contributed by atoms with Crippen LogP contribution in [0.2, 0.25) is 0 Å². The first-order valence-electron chi connectivity index (χ1n) is 0.471. The standard InChI is InChI=1S/Al.Li.2O.Zr/q;+1;;-1;. The summed E-state index contributed by atoms with van der Waals surface area (Å²) in [6.07, 6.45) is 0. The Morgan fingerprint density at radius 3 is 1.60 bits per heavy atom. The predicted molar refractivity (Wildman–Crippen MR) is 6.44 cm³/mol. The molecule has 0 amide bonds. The van der Waals surface area contributed by atoms with Gasteiger partial charge in [0.2, 0.25) is 0 Å². The summed E-state index contributed by atoms with van der Waals surface area (Å²) in [5.74, 6) is 0. The zero-order valence-electron chi connectivity index (χ0n) is 2.89. The molecule has 0 N–H and O–H groups in total. The molecule has 0 aromatic heterocycles. The molecule has 2 nitrogen and oxygen atoms in total. The van der Waals surface area contributed by atoms with Crippen LogP contribution < -0.4 is 23.0 Å². The zero-order valence-corrected chi connectivity index (χ0v) is 6.51. The molecule has 0 aromatic carbocycles. The van der Waals surface area contributed by atoms with Gasteiger partial charge in [-0.15, -0.1) is 0 Å². The number of rotatable bonds is 0. The summed E-state index contributed by atoms with van der Waals surface area (Å²) in [5.41, 5.74) is 0. The van der Waals surface area contributed by atoms with Gasteiger partial charge in [-0.3, -0.25) is 0 Å². The Morgan fingerprint density at radius 1 is 1.60 bits per heavy atom. The molecule has 20 valence electrons. The third kappa shape index (κ3) is 28.2. The molecule has 0 fully saturated rings. The zero-order chi connectivity index (χ0) is 2.71. The smallest absolute Gasteiger partial charge is 0 e. The third-order valence-electron chi connectivity index (χ3n) is 0. The maximum atomic E-state index is 8.46. The Hall–Kier alpha value is 1.61. The fourth-order valence-electron chi connectivity index (χ4n) is 0. The minimum atomic E-state index is -1.75. The fraction of sp³-hybridized carbons (Fsp3) is 0. The van der Waals surface area contributed by atoms with E-state index in [0.29, 0.717) is 0 Å². The van der Waals surface area contributed by atoms with Gasteiger partial charge in [0.25, 0.3) is 0 Å². The van der Waals surface area contributed by atoms with Gasteiger partial charge in [-0.05, 0) is 0 Å². The van der Waals surface area contributed by atoms with Crippen molar-refractivity contribution in [2.75, 3.05) is 0 Å². The SMILES string of the molecule is [Li+].[O]=[Al][O-].[Zr]. The summed E-state index contributed by atoms with van der Waals surface area (Å²) >= 11 is -1.75. The van der Waals surface area contributed by atoms with Gasteiger partial charge in [-0.1, -0.05) is 0 Å². The normalized spacial score (nSPS) is 1.60. The van der Waals surface area contributed by atoms with Gasteiger partial charge >= 0.3 is 42.3 Å². The van der Waals surface area contributed by atoms with Crippen molar-refractivity contribution in [2.45, 2.75) is 0 Å². The second-order valence-corrected chi connectivity index (χ2v) is 0.289. The van der Waals surface area contributed by atoms with Crippen molar-refractivity contribution in [2.24, 2.45) is 0 Å². The largest absolute Gasteiger partial charge is 0 e. The summed E-state index contributed by atoms with van der Waals surface area (Å²) in [6, 6.07) is 0. The molecule has 0 aliphatic rings. The molecule has 0 unspecified atom stereocenters. The molecule has 5 heavy (non-hydrogen) atoms. The van der Waals surface area contributed by atoms with E-state index in [1.807, 2.05) is 0 Å². The molecule has 5 heteroatoms. The van der Waals surface area contributed by atoms with E-state index < -0.39 is 15.5 Å². The van der Waals surface area contributed by atoms with Gasteiger partial charge in [0.1, 0.15) is 0 Å². The molecule has 0 radical (unpaired) electrons. The molecular weight excluding hydrogens is 157 g/mol. The minimum absolute atomic E-state index is 0. The van der Waals surface area contributed by atoms with Crippen molar-refractivity contribution in [3.8, 4) is 0 Å². The van der Waals surface area contributed by atoms with Crippen LogP contribution in [0.25, 0.3) is 0 Å². The van der Waals surface area contributed by atoms with E-state index in [1.54, 1.807) is 0 Å². The van der Waals surface area contributed by atoms with Crippen molar-refractivity contribution < 1.29 is 53.0 Å². The molecule has 0 aliphatic carbocycles. The van der Waals surface area contributed by atoms with Crippen LogP contribution in [-0.2, 0) is 30.0 Å². The van der Waals surface area contributed by atoms with Gasteiger partial charge in [-0.2, -0.15) is 0 Å². The van der Waals surface area contributed by atoms with E-state index >= 15 is 0 Å². The first-order chi connectivity index (χ1) is 1.41. The Balaban J connectivity index is -0.0000000200. The van der Waals surface area contributed by atoms with E-state index in [1.165, 1.54) is 0 Å². The predicted octanol–water partition coefficient (Wildman–Crippen LogP) is -4.69. The number of hydrogen-bond donors (Lipinski definition) is 0. The van der Waals surface area contributed by atoms with E-state index in [4.69, 9.17) is 7.96 Å². The fourth-order valence-corrected chi connectivity index (χ4v) is 0. The molecule has 0 atom stereocenters. The first kappa shape index (κ1) is 16.0. The monoisotopic (exact) mass is 156 g/mol. The van der Waals surface area contributed by atoms with Crippen LogP contribution in [0.3, 0.4) is 0 Å². The van der Waals surface area contributed by atoms with Crippen LogP contribution in [-0.4, -0.2) is 15.5 Å². The van der Waals surface area contributed by atoms with Crippen LogP contribution >= 0.6 is 0 Å². The van der Waals surface area contributed by atoms with Crippen molar-refractivity contribution in [3.05, 3.63) is 0 Å². The van der Waals surface area contributed by atoms with E-state index in [2.05, 4.69) is 0 Å². The van der Waals surface area contributed by atoms with Crippen molar-refractivity contribution >= 4 is 15.5 Å². The topological polar surface area (TPSA) is 40.1 Å². The Labute approximate surface area is 67.9 Å². The summed E-state index contributed by atoms with van der Waals surface area (Å²) in [7, 11) is 0. The van der Waals surface area contributed by atoms with Crippen LogP contribution in [0.4, 0.5) is 0 Å². The summed E-state index contributed by atoms with van der Waals surface area (Å²) in [5, 5.41) is 0. The van der Waals surface area contributed by atoms with Gasteiger partial charge in [-0.25, -0.2) is 0 Å². The minimum Gasteiger partial charge on any atom is 0 e. The van der Waals surface area contributed by atoms with Gasteiger partial charge < -0.3 is 0 Å².